The monoisotopic (exact) mass is 418 g/mol. The quantitative estimate of drug-likeness (QED) is 0.316. The normalized spacial score (nSPS) is 13.1. The molecular weight excluding hydrogens is 376 g/mol. The smallest absolute Gasteiger partial charge is 0.333 e. The lowest BCUT2D eigenvalue weighted by molar-refractivity contribution is -0.142. The lowest BCUT2D eigenvalue weighted by atomic mass is 9.74. The highest BCUT2D eigenvalue weighted by atomic mass is 16.5. The van der Waals surface area contributed by atoms with Crippen LogP contribution >= 0.6 is 0 Å². The van der Waals surface area contributed by atoms with Crippen LogP contribution in [0.4, 0.5) is 0 Å². The molecule has 0 aliphatic carbocycles. The molecule has 0 spiro atoms. The van der Waals surface area contributed by atoms with Crippen LogP contribution in [0.1, 0.15) is 85.3 Å². The average molecular weight is 419 g/mol. The summed E-state index contributed by atoms with van der Waals surface area (Å²) in [5.41, 5.74) is 2.87. The Balaban J connectivity index is 3.17. The average Bonchev–Trinajstić information content (AvgIpc) is 2.75. The van der Waals surface area contributed by atoms with Crippen LogP contribution in [0.15, 0.2) is 30.4 Å². The maximum Gasteiger partial charge on any atom is 0.333 e. The second-order valence-electron chi connectivity index (χ2n) is 9.10. The maximum absolute atomic E-state index is 11.6. The van der Waals surface area contributed by atoms with Gasteiger partial charge in [-0.15, -0.1) is 0 Å². The van der Waals surface area contributed by atoms with E-state index in [0.29, 0.717) is 5.57 Å². The lowest BCUT2D eigenvalue weighted by Crippen LogP contribution is -2.28. The molecule has 1 aromatic carbocycles. The standard InChI is InChI=1S/C26H42O4/c1-9-25(7,10-2)16-20-14-13-15-22(26(8,11-3)12-4)23(20)29-17-21(27)18-30-24(28)19(5)6/h13-15,21,27H,5,9-12,16-18H2,1-4,6-8H3. The Morgan fingerprint density at radius 2 is 1.67 bits per heavy atom. The minimum Gasteiger partial charge on any atom is -0.490 e. The van der Waals surface area contributed by atoms with Crippen LogP contribution in [0.25, 0.3) is 0 Å². The summed E-state index contributed by atoms with van der Waals surface area (Å²) in [6.07, 6.45) is 4.21. The van der Waals surface area contributed by atoms with E-state index in [1.54, 1.807) is 6.92 Å². The van der Waals surface area contributed by atoms with Crippen LogP contribution in [-0.4, -0.2) is 30.4 Å². The zero-order chi connectivity index (χ0) is 22.9. The number of ether oxygens (including phenoxy) is 2. The maximum atomic E-state index is 11.6. The van der Waals surface area contributed by atoms with E-state index in [1.165, 1.54) is 11.1 Å². The van der Waals surface area contributed by atoms with E-state index < -0.39 is 12.1 Å². The van der Waals surface area contributed by atoms with Gasteiger partial charge in [0.05, 0.1) is 0 Å². The summed E-state index contributed by atoms with van der Waals surface area (Å²) in [7, 11) is 0. The molecule has 170 valence electrons. The van der Waals surface area contributed by atoms with E-state index in [1.807, 2.05) is 0 Å². The largest absolute Gasteiger partial charge is 0.490 e. The van der Waals surface area contributed by atoms with Crippen LogP contribution in [0.5, 0.6) is 5.75 Å². The molecule has 30 heavy (non-hydrogen) atoms. The van der Waals surface area contributed by atoms with Crippen LogP contribution in [0, 0.1) is 5.41 Å². The molecule has 0 bridgehead atoms. The van der Waals surface area contributed by atoms with E-state index in [2.05, 4.69) is 66.3 Å². The Hall–Kier alpha value is -1.81. The van der Waals surface area contributed by atoms with Gasteiger partial charge in [0.1, 0.15) is 25.1 Å². The molecule has 4 heteroatoms. The van der Waals surface area contributed by atoms with Gasteiger partial charge in [-0.3, -0.25) is 0 Å². The SMILES string of the molecule is C=C(C)C(=O)OCC(O)COc1c(CC(C)(CC)CC)cccc1C(C)(CC)CC. The summed E-state index contributed by atoms with van der Waals surface area (Å²) in [5, 5.41) is 10.3. The summed E-state index contributed by atoms with van der Waals surface area (Å²) in [5.74, 6) is 0.378. The Morgan fingerprint density at radius 3 is 2.17 bits per heavy atom. The van der Waals surface area contributed by atoms with Crippen molar-refractivity contribution in [3.63, 3.8) is 0 Å². The Labute approximate surface area is 183 Å². The number of rotatable bonds is 13. The van der Waals surface area contributed by atoms with Crippen LogP contribution < -0.4 is 4.74 Å². The van der Waals surface area contributed by atoms with Crippen LogP contribution in [0.3, 0.4) is 0 Å². The van der Waals surface area contributed by atoms with Gasteiger partial charge >= 0.3 is 5.97 Å². The molecule has 1 aromatic rings. The van der Waals surface area contributed by atoms with Gasteiger partial charge in [-0.2, -0.15) is 0 Å². The molecule has 1 atom stereocenters. The summed E-state index contributed by atoms with van der Waals surface area (Å²) in [6.45, 7) is 18.6. The Bertz CT molecular complexity index is 699. The molecule has 1 rings (SSSR count). The van der Waals surface area contributed by atoms with E-state index in [4.69, 9.17) is 9.47 Å². The number of benzene rings is 1. The zero-order valence-corrected chi connectivity index (χ0v) is 20.1. The third-order valence-corrected chi connectivity index (χ3v) is 6.81. The minimum absolute atomic E-state index is 0.00244. The number of carbonyl (C=O) groups excluding carboxylic acids is 1. The van der Waals surface area contributed by atoms with Crippen molar-refractivity contribution in [2.75, 3.05) is 13.2 Å². The summed E-state index contributed by atoms with van der Waals surface area (Å²) >= 11 is 0. The van der Waals surface area contributed by atoms with Crippen molar-refractivity contribution >= 4 is 5.97 Å². The van der Waals surface area contributed by atoms with Gasteiger partial charge in [0.15, 0.2) is 0 Å². The first-order valence-electron chi connectivity index (χ1n) is 11.3. The first kappa shape index (κ1) is 26.2. The predicted octanol–water partition coefficient (Wildman–Crippen LogP) is 5.99. The molecule has 0 fully saturated rings. The molecule has 4 nitrogen and oxygen atoms in total. The number of hydrogen-bond acceptors (Lipinski definition) is 4. The fourth-order valence-electron chi connectivity index (χ4n) is 3.48. The predicted molar refractivity (Wildman–Crippen MR) is 124 cm³/mol. The van der Waals surface area contributed by atoms with E-state index in [0.717, 1.165) is 37.9 Å². The molecule has 0 amide bonds. The molecule has 0 aliphatic rings. The molecule has 0 heterocycles. The highest BCUT2D eigenvalue weighted by Crippen LogP contribution is 2.42. The van der Waals surface area contributed by atoms with Gasteiger partial charge in [0.25, 0.3) is 0 Å². The van der Waals surface area contributed by atoms with E-state index in [9.17, 15) is 9.90 Å². The van der Waals surface area contributed by atoms with Crippen molar-refractivity contribution in [1.29, 1.82) is 0 Å². The van der Waals surface area contributed by atoms with Gasteiger partial charge in [0, 0.05) is 11.1 Å². The Kier molecular flexibility index (Phi) is 10.1. The van der Waals surface area contributed by atoms with Crippen molar-refractivity contribution < 1.29 is 19.4 Å². The molecule has 1 unspecified atom stereocenters. The van der Waals surface area contributed by atoms with Gasteiger partial charge in [0.2, 0.25) is 0 Å². The highest BCUT2D eigenvalue weighted by Gasteiger charge is 2.30. The fourth-order valence-corrected chi connectivity index (χ4v) is 3.48. The van der Waals surface area contributed by atoms with Crippen molar-refractivity contribution in [3.05, 3.63) is 41.5 Å². The lowest BCUT2D eigenvalue weighted by Gasteiger charge is -2.33. The van der Waals surface area contributed by atoms with Crippen LogP contribution in [0.2, 0.25) is 0 Å². The van der Waals surface area contributed by atoms with Gasteiger partial charge in [-0.1, -0.05) is 79.2 Å². The number of aliphatic hydroxyl groups excluding tert-OH is 1. The zero-order valence-electron chi connectivity index (χ0n) is 20.1. The summed E-state index contributed by atoms with van der Waals surface area (Å²) < 4.78 is 11.3. The topological polar surface area (TPSA) is 55.8 Å². The van der Waals surface area contributed by atoms with Crippen molar-refractivity contribution in [1.82, 2.24) is 0 Å². The number of carbonyl (C=O) groups is 1. The number of aliphatic hydroxyl groups is 1. The molecule has 0 aromatic heterocycles. The third-order valence-electron chi connectivity index (χ3n) is 6.81. The van der Waals surface area contributed by atoms with E-state index in [-0.39, 0.29) is 24.0 Å². The molecule has 0 aliphatic heterocycles. The second kappa shape index (κ2) is 11.5. The van der Waals surface area contributed by atoms with Gasteiger partial charge in [-0.25, -0.2) is 4.79 Å². The number of para-hydroxylation sites is 1. The third kappa shape index (κ3) is 6.87. The first-order chi connectivity index (χ1) is 14.1. The Morgan fingerprint density at radius 1 is 1.07 bits per heavy atom. The number of esters is 1. The number of hydrogen-bond donors (Lipinski definition) is 1. The van der Waals surface area contributed by atoms with Crippen molar-refractivity contribution in [2.24, 2.45) is 5.41 Å². The molecule has 0 saturated heterocycles. The van der Waals surface area contributed by atoms with Crippen molar-refractivity contribution in [3.8, 4) is 5.75 Å². The van der Waals surface area contributed by atoms with Crippen molar-refractivity contribution in [2.45, 2.75) is 92.1 Å². The second-order valence-corrected chi connectivity index (χ2v) is 9.10. The first-order valence-corrected chi connectivity index (χ1v) is 11.3. The summed E-state index contributed by atoms with van der Waals surface area (Å²) in [6, 6.07) is 6.41. The minimum atomic E-state index is -0.896. The van der Waals surface area contributed by atoms with E-state index >= 15 is 0 Å². The van der Waals surface area contributed by atoms with Gasteiger partial charge in [-0.05, 0) is 42.6 Å². The van der Waals surface area contributed by atoms with Crippen LogP contribution in [-0.2, 0) is 21.4 Å². The summed E-state index contributed by atoms with van der Waals surface area (Å²) in [4.78, 5) is 11.6. The molecule has 0 radical (unpaired) electrons. The highest BCUT2D eigenvalue weighted by molar-refractivity contribution is 5.86. The fraction of sp³-hybridized carbons (Fsp3) is 0.654. The molecule has 0 saturated carbocycles. The van der Waals surface area contributed by atoms with Gasteiger partial charge < -0.3 is 14.6 Å². The molecular formula is C26H42O4. The molecule has 1 N–H and O–H groups in total.